The maximum atomic E-state index is 12.2. The minimum atomic E-state index is 0.149. The number of carbonyl (C=O) groups excluding carboxylic acids is 1. The average Bonchev–Trinajstić information content (AvgIpc) is 2.85. The van der Waals surface area contributed by atoms with Crippen molar-refractivity contribution in [2.24, 2.45) is 5.73 Å². The molecule has 0 aromatic heterocycles. The van der Waals surface area contributed by atoms with E-state index in [4.69, 9.17) is 10.5 Å². The van der Waals surface area contributed by atoms with Crippen molar-refractivity contribution in [1.29, 1.82) is 0 Å². The van der Waals surface area contributed by atoms with E-state index in [2.05, 4.69) is 6.92 Å². The van der Waals surface area contributed by atoms with Crippen molar-refractivity contribution < 1.29 is 9.53 Å². The molecule has 1 aliphatic heterocycles. The highest BCUT2D eigenvalue weighted by Crippen LogP contribution is 2.24. The van der Waals surface area contributed by atoms with Gasteiger partial charge in [0.1, 0.15) is 5.75 Å². The second-order valence-electron chi connectivity index (χ2n) is 5.27. The number of methoxy groups -OCH3 is 1. The maximum Gasteiger partial charge on any atom is 0.223 e. The molecule has 0 aliphatic carbocycles. The number of hydrogen-bond acceptors (Lipinski definition) is 3. The summed E-state index contributed by atoms with van der Waals surface area (Å²) in [6.07, 6.45) is 1.44. The monoisotopic (exact) mass is 262 g/mol. The molecule has 1 aromatic rings. The Bertz CT molecular complexity index is 448. The summed E-state index contributed by atoms with van der Waals surface area (Å²) >= 11 is 0. The smallest absolute Gasteiger partial charge is 0.223 e. The van der Waals surface area contributed by atoms with Crippen molar-refractivity contribution in [2.45, 2.75) is 31.7 Å². The predicted octanol–water partition coefficient (Wildman–Crippen LogP) is 1.75. The molecule has 1 amide bonds. The van der Waals surface area contributed by atoms with E-state index < -0.39 is 0 Å². The van der Waals surface area contributed by atoms with Crippen LogP contribution in [0.4, 0.5) is 0 Å². The SMILES string of the molecule is COc1cccc([C@@H](C)CC(=O)N2CC[C@@H](N)C2)c1. The van der Waals surface area contributed by atoms with E-state index in [0.29, 0.717) is 13.0 Å². The van der Waals surface area contributed by atoms with E-state index in [1.165, 1.54) is 0 Å². The average molecular weight is 262 g/mol. The lowest BCUT2D eigenvalue weighted by Crippen LogP contribution is -2.32. The van der Waals surface area contributed by atoms with Crippen LogP contribution in [-0.2, 0) is 4.79 Å². The van der Waals surface area contributed by atoms with Crippen molar-refractivity contribution in [3.05, 3.63) is 29.8 Å². The lowest BCUT2D eigenvalue weighted by atomic mass is 9.97. The van der Waals surface area contributed by atoms with Crippen LogP contribution in [0.3, 0.4) is 0 Å². The van der Waals surface area contributed by atoms with Gasteiger partial charge in [0.15, 0.2) is 0 Å². The van der Waals surface area contributed by atoms with E-state index >= 15 is 0 Å². The zero-order valence-corrected chi connectivity index (χ0v) is 11.6. The zero-order valence-electron chi connectivity index (χ0n) is 11.6. The van der Waals surface area contributed by atoms with Gasteiger partial charge in [0, 0.05) is 25.6 Å². The van der Waals surface area contributed by atoms with Crippen molar-refractivity contribution in [3.8, 4) is 5.75 Å². The molecule has 0 saturated carbocycles. The largest absolute Gasteiger partial charge is 0.497 e. The van der Waals surface area contributed by atoms with Gasteiger partial charge < -0.3 is 15.4 Å². The maximum absolute atomic E-state index is 12.2. The van der Waals surface area contributed by atoms with Crippen LogP contribution in [0.5, 0.6) is 5.75 Å². The number of nitrogens with two attached hydrogens (primary N) is 1. The van der Waals surface area contributed by atoms with Gasteiger partial charge in [0.05, 0.1) is 7.11 Å². The van der Waals surface area contributed by atoms with Crippen LogP contribution in [-0.4, -0.2) is 37.0 Å². The summed E-state index contributed by atoms with van der Waals surface area (Å²) in [4.78, 5) is 14.0. The number of carbonyl (C=O) groups is 1. The topological polar surface area (TPSA) is 55.6 Å². The summed E-state index contributed by atoms with van der Waals surface area (Å²) in [5, 5.41) is 0. The first kappa shape index (κ1) is 13.9. The van der Waals surface area contributed by atoms with E-state index in [0.717, 1.165) is 24.3 Å². The molecule has 1 fully saturated rings. The van der Waals surface area contributed by atoms with Gasteiger partial charge in [-0.05, 0) is 30.0 Å². The number of hydrogen-bond donors (Lipinski definition) is 1. The molecule has 2 rings (SSSR count). The molecule has 1 heterocycles. The third-order valence-electron chi connectivity index (χ3n) is 3.72. The molecule has 1 saturated heterocycles. The van der Waals surface area contributed by atoms with E-state index in [1.54, 1.807) is 7.11 Å². The molecule has 4 nitrogen and oxygen atoms in total. The molecule has 4 heteroatoms. The number of rotatable bonds is 4. The molecule has 0 unspecified atom stereocenters. The first-order chi connectivity index (χ1) is 9.10. The molecular formula is C15H22N2O2. The molecule has 104 valence electrons. The van der Waals surface area contributed by atoms with Gasteiger partial charge >= 0.3 is 0 Å². The summed E-state index contributed by atoms with van der Waals surface area (Å²) in [6, 6.07) is 8.05. The Kier molecular flexibility index (Phi) is 4.43. The van der Waals surface area contributed by atoms with Crippen molar-refractivity contribution >= 4 is 5.91 Å². The van der Waals surface area contributed by atoms with Crippen molar-refractivity contribution in [2.75, 3.05) is 20.2 Å². The Morgan fingerprint density at radius 2 is 2.37 bits per heavy atom. The van der Waals surface area contributed by atoms with Crippen LogP contribution in [0.25, 0.3) is 0 Å². The number of nitrogens with zero attached hydrogens (tertiary/aromatic N) is 1. The third kappa shape index (κ3) is 3.47. The minimum Gasteiger partial charge on any atom is -0.497 e. The number of likely N-dealkylation sites (tertiary alicyclic amines) is 1. The first-order valence-corrected chi connectivity index (χ1v) is 6.77. The fourth-order valence-corrected chi connectivity index (χ4v) is 2.47. The molecule has 2 N–H and O–H groups in total. The van der Waals surface area contributed by atoms with Crippen LogP contribution in [0, 0.1) is 0 Å². The van der Waals surface area contributed by atoms with Crippen LogP contribution in [0.15, 0.2) is 24.3 Å². The molecule has 0 bridgehead atoms. The van der Waals surface area contributed by atoms with Gasteiger partial charge in [-0.15, -0.1) is 0 Å². The second-order valence-corrected chi connectivity index (χ2v) is 5.27. The van der Waals surface area contributed by atoms with Gasteiger partial charge in [-0.2, -0.15) is 0 Å². The lowest BCUT2D eigenvalue weighted by Gasteiger charge is -2.19. The Morgan fingerprint density at radius 1 is 1.58 bits per heavy atom. The highest BCUT2D eigenvalue weighted by molar-refractivity contribution is 5.77. The zero-order chi connectivity index (χ0) is 13.8. The number of benzene rings is 1. The quantitative estimate of drug-likeness (QED) is 0.899. The predicted molar refractivity (Wildman–Crippen MR) is 75.2 cm³/mol. The Morgan fingerprint density at radius 3 is 3.00 bits per heavy atom. The Balaban J connectivity index is 1.96. The van der Waals surface area contributed by atoms with Crippen molar-refractivity contribution in [3.63, 3.8) is 0 Å². The van der Waals surface area contributed by atoms with Crippen molar-refractivity contribution in [1.82, 2.24) is 4.90 Å². The summed E-state index contributed by atoms with van der Waals surface area (Å²) in [7, 11) is 1.65. The molecule has 1 aliphatic rings. The van der Waals surface area contributed by atoms with Gasteiger partial charge in [0.2, 0.25) is 5.91 Å². The fraction of sp³-hybridized carbons (Fsp3) is 0.533. The lowest BCUT2D eigenvalue weighted by molar-refractivity contribution is -0.130. The molecule has 0 spiro atoms. The minimum absolute atomic E-state index is 0.149. The van der Waals surface area contributed by atoms with E-state index in [1.807, 2.05) is 29.2 Å². The highest BCUT2D eigenvalue weighted by Gasteiger charge is 2.24. The van der Waals surface area contributed by atoms with Gasteiger partial charge in [0.25, 0.3) is 0 Å². The van der Waals surface area contributed by atoms with Crippen LogP contribution >= 0.6 is 0 Å². The van der Waals surface area contributed by atoms with Gasteiger partial charge in [-0.3, -0.25) is 4.79 Å². The standard InChI is InChI=1S/C15H22N2O2/c1-11(12-4-3-5-14(9-12)19-2)8-15(18)17-7-6-13(16)10-17/h3-5,9,11,13H,6-8,10,16H2,1-2H3/t11-,13+/m0/s1. The van der Waals surface area contributed by atoms with E-state index in [-0.39, 0.29) is 17.9 Å². The summed E-state index contributed by atoms with van der Waals surface area (Å²) in [5.41, 5.74) is 6.97. The first-order valence-electron chi connectivity index (χ1n) is 6.77. The molecule has 19 heavy (non-hydrogen) atoms. The summed E-state index contributed by atoms with van der Waals surface area (Å²) in [6.45, 7) is 3.57. The molecule has 2 atom stereocenters. The molecular weight excluding hydrogens is 240 g/mol. The van der Waals surface area contributed by atoms with Crippen LogP contribution in [0.1, 0.15) is 31.2 Å². The number of ether oxygens (including phenoxy) is 1. The number of amides is 1. The second kappa shape index (κ2) is 6.06. The Hall–Kier alpha value is -1.55. The van der Waals surface area contributed by atoms with Crippen LogP contribution in [0.2, 0.25) is 0 Å². The summed E-state index contributed by atoms with van der Waals surface area (Å²) < 4.78 is 5.21. The van der Waals surface area contributed by atoms with Gasteiger partial charge in [-0.25, -0.2) is 0 Å². The third-order valence-corrected chi connectivity index (χ3v) is 3.72. The summed E-state index contributed by atoms with van der Waals surface area (Å²) in [5.74, 6) is 1.22. The highest BCUT2D eigenvalue weighted by atomic mass is 16.5. The van der Waals surface area contributed by atoms with E-state index in [9.17, 15) is 4.79 Å². The van der Waals surface area contributed by atoms with Crippen LogP contribution < -0.4 is 10.5 Å². The fourth-order valence-electron chi connectivity index (χ4n) is 2.47. The molecule has 0 radical (unpaired) electrons. The Labute approximate surface area is 114 Å². The molecule has 1 aromatic carbocycles. The normalized spacial score (nSPS) is 20.4. The van der Waals surface area contributed by atoms with Gasteiger partial charge in [-0.1, -0.05) is 19.1 Å².